The summed E-state index contributed by atoms with van der Waals surface area (Å²) in [5.74, 6) is -0.256. The second-order valence-electron chi connectivity index (χ2n) is 7.89. The number of β-amino-alcohol motifs (C(OH)–C–C–N with tert-alkyl or cyclic N) is 1. The molecule has 1 amide bonds. The fourth-order valence-electron chi connectivity index (χ4n) is 3.91. The molecule has 29 heavy (non-hydrogen) atoms. The maximum Gasteiger partial charge on any atom is 0.217 e. The highest BCUT2D eigenvalue weighted by atomic mass is 16.3. The minimum Gasteiger partial charge on any atom is -0.392 e. The Morgan fingerprint density at radius 3 is 2.66 bits per heavy atom. The number of nitrogens with zero attached hydrogens (tertiary/aromatic N) is 1. The standard InChI is InChI=1S/C24H30N2O3/c25-24(29)10-4-6-18-5-3-9-20(15-18)23(28)12-11-22(27)17-26-14-13-19-7-1-2-8-21(19)16-26/h1-3,5,7-9,15,22,27H,4,6,10-14,16-17H2,(H2,25,29). The Hall–Kier alpha value is -2.50. The van der Waals surface area contributed by atoms with Crippen molar-refractivity contribution in [2.45, 2.75) is 51.2 Å². The molecule has 0 fully saturated rings. The van der Waals surface area contributed by atoms with E-state index in [1.165, 1.54) is 11.1 Å². The summed E-state index contributed by atoms with van der Waals surface area (Å²) in [6.45, 7) is 2.39. The van der Waals surface area contributed by atoms with E-state index in [2.05, 4.69) is 29.2 Å². The van der Waals surface area contributed by atoms with Gasteiger partial charge in [0.1, 0.15) is 0 Å². The van der Waals surface area contributed by atoms with Gasteiger partial charge in [0, 0.05) is 38.0 Å². The van der Waals surface area contributed by atoms with Crippen molar-refractivity contribution < 1.29 is 14.7 Å². The maximum absolute atomic E-state index is 12.5. The highest BCUT2D eigenvalue weighted by molar-refractivity contribution is 5.96. The molecule has 5 heteroatoms. The molecule has 0 bridgehead atoms. The molecule has 3 rings (SSSR count). The first kappa shape index (κ1) is 21.2. The lowest BCUT2D eigenvalue weighted by molar-refractivity contribution is -0.118. The van der Waals surface area contributed by atoms with E-state index in [9.17, 15) is 14.7 Å². The number of Topliss-reactive ketones (excluding diaryl/α,β-unsaturated/α-hetero) is 1. The first-order valence-electron chi connectivity index (χ1n) is 10.4. The Balaban J connectivity index is 1.45. The molecule has 1 heterocycles. The highest BCUT2D eigenvalue weighted by Crippen LogP contribution is 2.19. The number of aliphatic hydroxyl groups is 1. The Kier molecular flexibility index (Phi) is 7.55. The number of primary amides is 1. The second kappa shape index (κ2) is 10.3. The Bertz CT molecular complexity index is 850. The lowest BCUT2D eigenvalue weighted by Gasteiger charge is -2.30. The molecule has 0 aromatic heterocycles. The zero-order valence-electron chi connectivity index (χ0n) is 16.8. The fraction of sp³-hybridized carbons (Fsp3) is 0.417. The van der Waals surface area contributed by atoms with Crippen molar-refractivity contribution in [2.24, 2.45) is 5.73 Å². The third kappa shape index (κ3) is 6.51. The van der Waals surface area contributed by atoms with Crippen molar-refractivity contribution in [1.82, 2.24) is 4.90 Å². The quantitative estimate of drug-likeness (QED) is 0.607. The number of amides is 1. The van der Waals surface area contributed by atoms with E-state index in [0.29, 0.717) is 37.8 Å². The molecule has 5 nitrogen and oxygen atoms in total. The van der Waals surface area contributed by atoms with Gasteiger partial charge >= 0.3 is 0 Å². The third-order valence-corrected chi connectivity index (χ3v) is 5.52. The van der Waals surface area contributed by atoms with Crippen LogP contribution in [0.25, 0.3) is 0 Å². The van der Waals surface area contributed by atoms with Crippen molar-refractivity contribution in [1.29, 1.82) is 0 Å². The fourth-order valence-corrected chi connectivity index (χ4v) is 3.91. The molecule has 2 aromatic rings. The molecule has 1 unspecified atom stereocenters. The highest BCUT2D eigenvalue weighted by Gasteiger charge is 2.19. The molecule has 0 radical (unpaired) electrons. The lowest BCUT2D eigenvalue weighted by atomic mass is 9.98. The van der Waals surface area contributed by atoms with Gasteiger partial charge in [-0.05, 0) is 48.4 Å². The number of nitrogens with two attached hydrogens (primary N) is 1. The number of rotatable bonds is 10. The molecule has 1 aliphatic heterocycles. The predicted molar refractivity (Wildman–Crippen MR) is 114 cm³/mol. The van der Waals surface area contributed by atoms with Crippen LogP contribution in [0, 0.1) is 0 Å². The van der Waals surface area contributed by atoms with Crippen LogP contribution in [0.5, 0.6) is 0 Å². The molecular weight excluding hydrogens is 364 g/mol. The lowest BCUT2D eigenvalue weighted by Crippen LogP contribution is -2.36. The van der Waals surface area contributed by atoms with Crippen LogP contribution in [0.2, 0.25) is 0 Å². The van der Waals surface area contributed by atoms with E-state index in [1.54, 1.807) is 0 Å². The number of fused-ring (bicyclic) bond motifs is 1. The number of ketones is 1. The molecule has 0 saturated carbocycles. The zero-order valence-corrected chi connectivity index (χ0v) is 16.8. The summed E-state index contributed by atoms with van der Waals surface area (Å²) in [5.41, 5.74) is 9.59. The van der Waals surface area contributed by atoms with Gasteiger partial charge in [-0.25, -0.2) is 0 Å². The number of hydrogen-bond donors (Lipinski definition) is 2. The topological polar surface area (TPSA) is 83.6 Å². The summed E-state index contributed by atoms with van der Waals surface area (Å²) < 4.78 is 0. The van der Waals surface area contributed by atoms with Crippen molar-refractivity contribution in [3.63, 3.8) is 0 Å². The van der Waals surface area contributed by atoms with Gasteiger partial charge in [-0.1, -0.05) is 42.5 Å². The number of benzene rings is 2. The van der Waals surface area contributed by atoms with Crippen LogP contribution in [0.15, 0.2) is 48.5 Å². The number of aryl methyl sites for hydroxylation is 1. The number of hydrogen-bond acceptors (Lipinski definition) is 4. The first-order valence-corrected chi connectivity index (χ1v) is 10.4. The van der Waals surface area contributed by atoms with E-state index in [1.807, 2.05) is 24.3 Å². The average Bonchev–Trinajstić information content (AvgIpc) is 2.72. The second-order valence-corrected chi connectivity index (χ2v) is 7.89. The van der Waals surface area contributed by atoms with Gasteiger partial charge in [0.15, 0.2) is 5.78 Å². The summed E-state index contributed by atoms with van der Waals surface area (Å²) in [4.78, 5) is 25.7. The maximum atomic E-state index is 12.5. The van der Waals surface area contributed by atoms with Crippen LogP contribution < -0.4 is 5.73 Å². The molecule has 154 valence electrons. The van der Waals surface area contributed by atoms with Crippen molar-refractivity contribution in [2.75, 3.05) is 13.1 Å². The third-order valence-electron chi connectivity index (χ3n) is 5.52. The molecule has 1 atom stereocenters. The Labute approximate surface area is 172 Å². The first-order chi connectivity index (χ1) is 14.0. The monoisotopic (exact) mass is 394 g/mol. The van der Waals surface area contributed by atoms with E-state index in [4.69, 9.17) is 5.73 Å². The number of carbonyl (C=O) groups is 2. The minimum absolute atomic E-state index is 0.0461. The largest absolute Gasteiger partial charge is 0.392 e. The Morgan fingerprint density at radius 1 is 1.07 bits per heavy atom. The zero-order chi connectivity index (χ0) is 20.6. The molecule has 0 spiro atoms. The number of aliphatic hydroxyl groups excluding tert-OH is 1. The average molecular weight is 395 g/mol. The molecule has 3 N–H and O–H groups in total. The van der Waals surface area contributed by atoms with E-state index in [0.717, 1.165) is 31.5 Å². The van der Waals surface area contributed by atoms with E-state index in [-0.39, 0.29) is 11.7 Å². The smallest absolute Gasteiger partial charge is 0.217 e. The van der Waals surface area contributed by atoms with Gasteiger partial charge in [-0.3, -0.25) is 14.5 Å². The van der Waals surface area contributed by atoms with Gasteiger partial charge in [-0.2, -0.15) is 0 Å². The molecule has 0 aliphatic carbocycles. The van der Waals surface area contributed by atoms with Gasteiger partial charge in [0.05, 0.1) is 6.10 Å². The van der Waals surface area contributed by atoms with Gasteiger partial charge in [0.25, 0.3) is 0 Å². The summed E-state index contributed by atoms with van der Waals surface area (Å²) >= 11 is 0. The summed E-state index contributed by atoms with van der Waals surface area (Å²) in [7, 11) is 0. The summed E-state index contributed by atoms with van der Waals surface area (Å²) in [5, 5.41) is 10.4. The van der Waals surface area contributed by atoms with Crippen LogP contribution in [0.4, 0.5) is 0 Å². The van der Waals surface area contributed by atoms with Crippen molar-refractivity contribution in [3.8, 4) is 0 Å². The van der Waals surface area contributed by atoms with E-state index < -0.39 is 6.10 Å². The van der Waals surface area contributed by atoms with Gasteiger partial charge < -0.3 is 10.8 Å². The Morgan fingerprint density at radius 2 is 1.86 bits per heavy atom. The van der Waals surface area contributed by atoms with Gasteiger partial charge in [0.2, 0.25) is 5.91 Å². The molecule has 0 saturated heterocycles. The predicted octanol–water partition coefficient (Wildman–Crippen LogP) is 2.88. The SMILES string of the molecule is NC(=O)CCCc1cccc(C(=O)CCC(O)CN2CCc3ccccc3C2)c1. The minimum atomic E-state index is -0.511. The summed E-state index contributed by atoms with van der Waals surface area (Å²) in [6, 6.07) is 16.0. The molecule has 1 aliphatic rings. The number of carbonyl (C=O) groups excluding carboxylic acids is 2. The van der Waals surface area contributed by atoms with Crippen LogP contribution in [0.3, 0.4) is 0 Å². The summed E-state index contributed by atoms with van der Waals surface area (Å²) in [6.07, 6.45) is 3.05. The van der Waals surface area contributed by atoms with Crippen molar-refractivity contribution in [3.05, 3.63) is 70.8 Å². The normalized spacial score (nSPS) is 14.9. The van der Waals surface area contributed by atoms with Crippen LogP contribution in [-0.2, 0) is 24.2 Å². The van der Waals surface area contributed by atoms with E-state index >= 15 is 0 Å². The van der Waals surface area contributed by atoms with Crippen molar-refractivity contribution >= 4 is 11.7 Å². The van der Waals surface area contributed by atoms with Crippen LogP contribution >= 0.6 is 0 Å². The van der Waals surface area contributed by atoms with Crippen LogP contribution in [0.1, 0.15) is 52.7 Å². The van der Waals surface area contributed by atoms with Crippen LogP contribution in [-0.4, -0.2) is 40.9 Å². The van der Waals surface area contributed by atoms with Gasteiger partial charge in [-0.15, -0.1) is 0 Å². The molecule has 2 aromatic carbocycles. The molecular formula is C24H30N2O3.